The molecule has 2 aromatic carbocycles. The van der Waals surface area contributed by atoms with Gasteiger partial charge in [0, 0.05) is 16.8 Å². The van der Waals surface area contributed by atoms with Crippen LogP contribution in [-0.2, 0) is 5.41 Å². The van der Waals surface area contributed by atoms with Crippen LogP contribution in [0.25, 0.3) is 0 Å². The molecule has 0 aliphatic heterocycles. The Morgan fingerprint density at radius 1 is 1.00 bits per heavy atom. The summed E-state index contributed by atoms with van der Waals surface area (Å²) in [7, 11) is 0. The Morgan fingerprint density at radius 2 is 1.63 bits per heavy atom. The van der Waals surface area contributed by atoms with Gasteiger partial charge in [-0.1, -0.05) is 54.6 Å². The molecule has 96 valence electrons. The first kappa shape index (κ1) is 12.0. The zero-order chi connectivity index (χ0) is 13.3. The number of nitrogens with one attached hydrogen (secondary N) is 1. The van der Waals surface area contributed by atoms with Crippen LogP contribution in [0, 0.1) is 6.92 Å². The van der Waals surface area contributed by atoms with Gasteiger partial charge in [-0.25, -0.2) is 0 Å². The second-order valence-electron chi connectivity index (χ2n) is 5.42. The molecule has 1 aliphatic carbocycles. The fourth-order valence-corrected chi connectivity index (χ4v) is 2.58. The molecule has 1 fully saturated rings. The fourth-order valence-electron chi connectivity index (χ4n) is 2.58. The molecule has 0 amide bonds. The van der Waals surface area contributed by atoms with Crippen LogP contribution < -0.4 is 5.32 Å². The van der Waals surface area contributed by atoms with Gasteiger partial charge in [-0.2, -0.15) is 0 Å². The van der Waals surface area contributed by atoms with Crippen molar-refractivity contribution in [3.8, 4) is 0 Å². The Balaban J connectivity index is 1.79. The maximum absolute atomic E-state index is 4.27. The van der Waals surface area contributed by atoms with E-state index in [2.05, 4.69) is 73.4 Å². The van der Waals surface area contributed by atoms with E-state index in [-0.39, 0.29) is 5.41 Å². The summed E-state index contributed by atoms with van der Waals surface area (Å²) in [5.41, 5.74) is 5.03. The van der Waals surface area contributed by atoms with Crippen molar-refractivity contribution in [2.24, 2.45) is 0 Å². The summed E-state index contributed by atoms with van der Waals surface area (Å²) in [5.74, 6) is 0. The van der Waals surface area contributed by atoms with Gasteiger partial charge in [-0.3, -0.25) is 0 Å². The van der Waals surface area contributed by atoms with E-state index in [0.717, 1.165) is 11.4 Å². The number of hydrogen-bond acceptors (Lipinski definition) is 1. The molecule has 0 atom stereocenters. The molecule has 0 unspecified atom stereocenters. The predicted octanol–water partition coefficient (Wildman–Crippen LogP) is 4.65. The first-order valence-corrected chi connectivity index (χ1v) is 6.79. The molecule has 1 aliphatic rings. The van der Waals surface area contributed by atoms with E-state index >= 15 is 0 Å². The van der Waals surface area contributed by atoms with Crippen molar-refractivity contribution in [3.63, 3.8) is 0 Å². The van der Waals surface area contributed by atoms with Crippen LogP contribution in [0.1, 0.15) is 24.0 Å². The molecule has 0 bridgehead atoms. The molecule has 0 radical (unpaired) electrons. The highest BCUT2D eigenvalue weighted by molar-refractivity contribution is 5.54. The summed E-state index contributed by atoms with van der Waals surface area (Å²) in [6, 6.07) is 19.2. The van der Waals surface area contributed by atoms with Crippen LogP contribution in [0.15, 0.2) is 66.9 Å². The van der Waals surface area contributed by atoms with E-state index < -0.39 is 0 Å². The van der Waals surface area contributed by atoms with E-state index in [1.165, 1.54) is 24.0 Å². The van der Waals surface area contributed by atoms with E-state index in [1.807, 2.05) is 0 Å². The summed E-state index contributed by atoms with van der Waals surface area (Å²) < 4.78 is 0. The van der Waals surface area contributed by atoms with Crippen LogP contribution in [-0.4, -0.2) is 0 Å². The molecule has 1 N–H and O–H groups in total. The molecular weight excluding hydrogens is 230 g/mol. The second-order valence-corrected chi connectivity index (χ2v) is 5.42. The lowest BCUT2D eigenvalue weighted by Gasteiger charge is -2.20. The minimum Gasteiger partial charge on any atom is -0.359 e. The van der Waals surface area contributed by atoms with Gasteiger partial charge in [-0.15, -0.1) is 0 Å². The maximum Gasteiger partial charge on any atom is 0.0382 e. The standard InChI is InChI=1S/C18H19N/c1-14-8-10-17(11-9-14)19-15(2)18(12-13-18)16-6-4-3-5-7-16/h3-11,19H,2,12-13H2,1H3. The molecule has 2 aromatic rings. The number of allylic oxidation sites excluding steroid dienone is 1. The topological polar surface area (TPSA) is 12.0 Å². The predicted molar refractivity (Wildman–Crippen MR) is 81.3 cm³/mol. The minimum absolute atomic E-state index is 0.145. The molecule has 0 heterocycles. The van der Waals surface area contributed by atoms with E-state index in [0.29, 0.717) is 0 Å². The third kappa shape index (κ3) is 2.28. The van der Waals surface area contributed by atoms with Gasteiger partial charge in [0.25, 0.3) is 0 Å². The van der Waals surface area contributed by atoms with Gasteiger partial charge in [0.05, 0.1) is 0 Å². The zero-order valence-corrected chi connectivity index (χ0v) is 11.3. The zero-order valence-electron chi connectivity index (χ0n) is 11.3. The van der Waals surface area contributed by atoms with Crippen molar-refractivity contribution in [2.75, 3.05) is 5.32 Å². The van der Waals surface area contributed by atoms with Crippen molar-refractivity contribution in [1.29, 1.82) is 0 Å². The normalized spacial score (nSPS) is 15.8. The van der Waals surface area contributed by atoms with E-state index in [1.54, 1.807) is 0 Å². The van der Waals surface area contributed by atoms with Gasteiger partial charge in [-0.05, 0) is 37.5 Å². The second kappa shape index (κ2) is 4.58. The lowest BCUT2D eigenvalue weighted by Crippen LogP contribution is -2.16. The Bertz CT molecular complexity index is 577. The highest BCUT2D eigenvalue weighted by Crippen LogP contribution is 2.53. The highest BCUT2D eigenvalue weighted by Gasteiger charge is 2.46. The summed E-state index contributed by atoms with van der Waals surface area (Å²) >= 11 is 0. The van der Waals surface area contributed by atoms with Crippen molar-refractivity contribution < 1.29 is 0 Å². The van der Waals surface area contributed by atoms with Crippen molar-refractivity contribution in [1.82, 2.24) is 0 Å². The SMILES string of the molecule is C=C(Nc1ccc(C)cc1)C1(c2ccccc2)CC1. The Kier molecular flexibility index (Phi) is 2.90. The molecule has 1 heteroatoms. The summed E-state index contributed by atoms with van der Waals surface area (Å²) in [6.07, 6.45) is 2.38. The Labute approximate surface area is 115 Å². The van der Waals surface area contributed by atoms with E-state index in [4.69, 9.17) is 0 Å². The number of anilines is 1. The van der Waals surface area contributed by atoms with E-state index in [9.17, 15) is 0 Å². The Hall–Kier alpha value is -2.02. The largest absolute Gasteiger partial charge is 0.359 e. The van der Waals surface area contributed by atoms with Gasteiger partial charge in [0.1, 0.15) is 0 Å². The summed E-state index contributed by atoms with van der Waals surface area (Å²) in [5, 5.41) is 3.48. The maximum atomic E-state index is 4.27. The Morgan fingerprint density at radius 3 is 2.21 bits per heavy atom. The summed E-state index contributed by atoms with van der Waals surface area (Å²) in [4.78, 5) is 0. The molecule has 1 nitrogen and oxygen atoms in total. The van der Waals surface area contributed by atoms with Crippen LogP contribution in [0.4, 0.5) is 5.69 Å². The van der Waals surface area contributed by atoms with Gasteiger partial charge < -0.3 is 5.32 Å². The number of aryl methyl sites for hydroxylation is 1. The summed E-state index contributed by atoms with van der Waals surface area (Å²) in [6.45, 7) is 6.37. The number of rotatable bonds is 4. The molecule has 0 spiro atoms. The molecule has 19 heavy (non-hydrogen) atoms. The average Bonchev–Trinajstić information content (AvgIpc) is 3.24. The molecule has 3 rings (SSSR count). The van der Waals surface area contributed by atoms with Crippen molar-refractivity contribution >= 4 is 5.69 Å². The van der Waals surface area contributed by atoms with Crippen LogP contribution in [0.3, 0.4) is 0 Å². The average molecular weight is 249 g/mol. The van der Waals surface area contributed by atoms with Crippen molar-refractivity contribution in [2.45, 2.75) is 25.2 Å². The van der Waals surface area contributed by atoms with Gasteiger partial charge in [0.15, 0.2) is 0 Å². The first-order valence-electron chi connectivity index (χ1n) is 6.79. The number of benzene rings is 2. The van der Waals surface area contributed by atoms with Gasteiger partial charge >= 0.3 is 0 Å². The monoisotopic (exact) mass is 249 g/mol. The third-order valence-electron chi connectivity index (χ3n) is 4.00. The smallest absolute Gasteiger partial charge is 0.0382 e. The molecule has 1 saturated carbocycles. The van der Waals surface area contributed by atoms with Crippen LogP contribution in [0.2, 0.25) is 0 Å². The lowest BCUT2D eigenvalue weighted by molar-refractivity contribution is 0.830. The van der Waals surface area contributed by atoms with Crippen LogP contribution >= 0.6 is 0 Å². The molecule has 0 saturated heterocycles. The van der Waals surface area contributed by atoms with Crippen LogP contribution in [0.5, 0.6) is 0 Å². The highest BCUT2D eigenvalue weighted by atomic mass is 14.9. The quantitative estimate of drug-likeness (QED) is 0.831. The molecule has 0 aromatic heterocycles. The molecular formula is C18H19N. The van der Waals surface area contributed by atoms with Crippen molar-refractivity contribution in [3.05, 3.63) is 78.0 Å². The minimum atomic E-state index is 0.145. The number of hydrogen-bond donors (Lipinski definition) is 1. The van der Waals surface area contributed by atoms with Gasteiger partial charge in [0.2, 0.25) is 0 Å². The fraction of sp³-hybridized carbons (Fsp3) is 0.222. The lowest BCUT2D eigenvalue weighted by atomic mass is 9.93. The third-order valence-corrected chi connectivity index (χ3v) is 4.00. The first-order chi connectivity index (χ1) is 9.21.